The van der Waals surface area contributed by atoms with Crippen LogP contribution in [0.5, 0.6) is 0 Å². The van der Waals surface area contributed by atoms with Crippen molar-refractivity contribution in [1.82, 2.24) is 0 Å². The van der Waals surface area contributed by atoms with Crippen LogP contribution in [-0.2, 0) is 4.79 Å². The molecule has 2 aliphatic rings. The standard InChI is InChI=1S/C7H6N4O/c8-6(12)7-10-4-1-2-9-3-5(4)11-7/h2-3H,1H2,(H2,8,12). The van der Waals surface area contributed by atoms with Gasteiger partial charge < -0.3 is 5.73 Å². The van der Waals surface area contributed by atoms with Crippen LogP contribution in [-0.4, -0.2) is 23.7 Å². The first kappa shape index (κ1) is 6.90. The second-order valence-corrected chi connectivity index (χ2v) is 2.41. The van der Waals surface area contributed by atoms with E-state index in [1.54, 1.807) is 12.4 Å². The zero-order chi connectivity index (χ0) is 8.55. The van der Waals surface area contributed by atoms with Gasteiger partial charge in [-0.2, -0.15) is 0 Å². The molecule has 60 valence electrons. The smallest absolute Gasteiger partial charge is 0.286 e. The lowest BCUT2D eigenvalue weighted by Crippen LogP contribution is -2.20. The molecule has 0 unspecified atom stereocenters. The van der Waals surface area contributed by atoms with Crippen molar-refractivity contribution < 1.29 is 4.79 Å². The highest BCUT2D eigenvalue weighted by Gasteiger charge is 2.20. The van der Waals surface area contributed by atoms with E-state index in [-0.39, 0.29) is 5.84 Å². The number of amides is 1. The number of carbonyl (C=O) groups is 1. The van der Waals surface area contributed by atoms with E-state index in [0.717, 1.165) is 5.71 Å². The number of nitrogens with zero attached hydrogens (tertiary/aromatic N) is 3. The van der Waals surface area contributed by atoms with E-state index in [1.807, 2.05) is 0 Å². The number of hydrogen-bond acceptors (Lipinski definition) is 4. The molecule has 2 aliphatic heterocycles. The Morgan fingerprint density at radius 3 is 3.00 bits per heavy atom. The lowest BCUT2D eigenvalue weighted by molar-refractivity contribution is -0.112. The van der Waals surface area contributed by atoms with E-state index >= 15 is 0 Å². The number of hydrogen-bond donors (Lipinski definition) is 1. The van der Waals surface area contributed by atoms with Gasteiger partial charge in [0.1, 0.15) is 5.70 Å². The average Bonchev–Trinajstić information content (AvgIpc) is 2.46. The van der Waals surface area contributed by atoms with Gasteiger partial charge in [0.2, 0.25) is 5.84 Å². The first-order chi connectivity index (χ1) is 5.77. The molecule has 0 aliphatic carbocycles. The molecule has 0 aromatic carbocycles. The number of fused-ring (bicyclic) bond motifs is 1. The van der Waals surface area contributed by atoms with Gasteiger partial charge in [0, 0.05) is 12.6 Å². The molecule has 2 rings (SSSR count). The van der Waals surface area contributed by atoms with Crippen LogP contribution >= 0.6 is 0 Å². The highest BCUT2D eigenvalue weighted by molar-refractivity contribution is 6.42. The number of primary amides is 1. The minimum Gasteiger partial charge on any atom is -0.363 e. The third kappa shape index (κ3) is 0.952. The Labute approximate surface area is 68.4 Å². The summed E-state index contributed by atoms with van der Waals surface area (Å²) in [6, 6.07) is 0. The Bertz CT molecular complexity index is 359. The van der Waals surface area contributed by atoms with Gasteiger partial charge in [-0.25, -0.2) is 9.98 Å². The fourth-order valence-corrected chi connectivity index (χ4v) is 1.01. The summed E-state index contributed by atoms with van der Waals surface area (Å²) in [4.78, 5) is 22.4. The molecule has 0 atom stereocenters. The van der Waals surface area contributed by atoms with Crippen LogP contribution in [0, 0.1) is 0 Å². The zero-order valence-corrected chi connectivity index (χ0v) is 6.19. The summed E-state index contributed by atoms with van der Waals surface area (Å²) in [6.45, 7) is 0. The average molecular weight is 162 g/mol. The van der Waals surface area contributed by atoms with Gasteiger partial charge in [0.05, 0.1) is 11.9 Å². The molecule has 0 saturated carbocycles. The Balaban J connectivity index is 2.38. The fraction of sp³-hybridized carbons (Fsp3) is 0.143. The maximum atomic E-state index is 10.7. The number of nitrogens with two attached hydrogens (primary N) is 1. The summed E-state index contributed by atoms with van der Waals surface area (Å²) in [6.07, 6.45) is 3.90. The number of aliphatic imine (C=N–C) groups is 3. The minimum absolute atomic E-state index is 0.0711. The van der Waals surface area contributed by atoms with Crippen LogP contribution in [0.1, 0.15) is 6.42 Å². The summed E-state index contributed by atoms with van der Waals surface area (Å²) in [5.74, 6) is -0.528. The van der Waals surface area contributed by atoms with Gasteiger partial charge in [-0.3, -0.25) is 9.79 Å². The van der Waals surface area contributed by atoms with E-state index in [4.69, 9.17) is 5.73 Å². The Morgan fingerprint density at radius 1 is 1.50 bits per heavy atom. The van der Waals surface area contributed by atoms with Crippen molar-refractivity contribution in [2.45, 2.75) is 6.42 Å². The Morgan fingerprint density at radius 2 is 2.33 bits per heavy atom. The third-order valence-corrected chi connectivity index (χ3v) is 1.57. The minimum atomic E-state index is -0.599. The first-order valence-corrected chi connectivity index (χ1v) is 3.45. The van der Waals surface area contributed by atoms with E-state index in [2.05, 4.69) is 15.0 Å². The van der Waals surface area contributed by atoms with Gasteiger partial charge in [-0.1, -0.05) is 0 Å². The van der Waals surface area contributed by atoms with Crippen LogP contribution in [0.3, 0.4) is 0 Å². The van der Waals surface area contributed by atoms with Gasteiger partial charge in [0.25, 0.3) is 5.91 Å². The third-order valence-electron chi connectivity index (χ3n) is 1.57. The maximum absolute atomic E-state index is 10.7. The molecule has 0 aromatic heterocycles. The van der Waals surface area contributed by atoms with Gasteiger partial charge in [-0.15, -0.1) is 0 Å². The van der Waals surface area contributed by atoms with Crippen molar-refractivity contribution >= 4 is 23.7 Å². The monoisotopic (exact) mass is 162 g/mol. The topological polar surface area (TPSA) is 80.2 Å². The molecule has 12 heavy (non-hydrogen) atoms. The summed E-state index contributed by atoms with van der Waals surface area (Å²) in [5.41, 5.74) is 6.41. The lowest BCUT2D eigenvalue weighted by atomic mass is 10.2. The van der Waals surface area contributed by atoms with Crippen LogP contribution in [0.4, 0.5) is 0 Å². The van der Waals surface area contributed by atoms with Gasteiger partial charge >= 0.3 is 0 Å². The molecule has 0 radical (unpaired) electrons. The van der Waals surface area contributed by atoms with E-state index < -0.39 is 5.91 Å². The number of amidine groups is 1. The highest BCUT2D eigenvalue weighted by Crippen LogP contribution is 2.14. The fourth-order valence-electron chi connectivity index (χ4n) is 1.01. The molecular weight excluding hydrogens is 156 g/mol. The molecule has 0 spiro atoms. The van der Waals surface area contributed by atoms with Crippen molar-refractivity contribution in [3.63, 3.8) is 0 Å². The number of allylic oxidation sites excluding steroid dienone is 1. The summed E-state index contributed by atoms with van der Waals surface area (Å²) >= 11 is 0. The van der Waals surface area contributed by atoms with Crippen LogP contribution in [0.2, 0.25) is 0 Å². The number of rotatable bonds is 1. The summed E-state index contributed by atoms with van der Waals surface area (Å²) in [7, 11) is 0. The largest absolute Gasteiger partial charge is 0.363 e. The molecule has 0 saturated heterocycles. The van der Waals surface area contributed by atoms with E-state index in [1.165, 1.54) is 0 Å². The SMILES string of the molecule is NC(=O)C1=NC2=CN=CCC2=N1. The molecular formula is C7H6N4O. The van der Waals surface area contributed by atoms with Crippen LogP contribution in [0.15, 0.2) is 26.9 Å². The molecule has 5 nitrogen and oxygen atoms in total. The zero-order valence-electron chi connectivity index (χ0n) is 6.19. The maximum Gasteiger partial charge on any atom is 0.286 e. The quantitative estimate of drug-likeness (QED) is 0.561. The molecule has 1 amide bonds. The van der Waals surface area contributed by atoms with Crippen molar-refractivity contribution in [3.8, 4) is 0 Å². The molecule has 2 N–H and O–H groups in total. The van der Waals surface area contributed by atoms with Crippen LogP contribution < -0.4 is 5.73 Å². The highest BCUT2D eigenvalue weighted by atomic mass is 16.1. The molecule has 2 heterocycles. The van der Waals surface area contributed by atoms with Gasteiger partial charge in [-0.05, 0) is 0 Å². The lowest BCUT2D eigenvalue weighted by Gasteiger charge is -1.98. The predicted octanol–water partition coefficient (Wildman–Crippen LogP) is -0.359. The van der Waals surface area contributed by atoms with E-state index in [0.29, 0.717) is 12.1 Å². The second-order valence-electron chi connectivity index (χ2n) is 2.41. The van der Waals surface area contributed by atoms with Crippen molar-refractivity contribution in [1.29, 1.82) is 0 Å². The summed E-state index contributed by atoms with van der Waals surface area (Å²) in [5, 5.41) is 0. The predicted molar refractivity (Wildman–Crippen MR) is 45.3 cm³/mol. The van der Waals surface area contributed by atoms with Gasteiger partial charge in [0.15, 0.2) is 0 Å². The van der Waals surface area contributed by atoms with Crippen molar-refractivity contribution in [2.75, 3.05) is 0 Å². The normalized spacial score (nSPS) is 19.5. The first-order valence-electron chi connectivity index (χ1n) is 3.45. The van der Waals surface area contributed by atoms with Crippen molar-refractivity contribution in [2.24, 2.45) is 20.7 Å². The Kier molecular flexibility index (Phi) is 1.36. The van der Waals surface area contributed by atoms with Crippen LogP contribution in [0.25, 0.3) is 0 Å². The number of carbonyl (C=O) groups excluding carboxylic acids is 1. The molecule has 0 bridgehead atoms. The summed E-state index contributed by atoms with van der Waals surface area (Å²) < 4.78 is 0. The van der Waals surface area contributed by atoms with Crippen molar-refractivity contribution in [3.05, 3.63) is 11.9 Å². The molecule has 0 aromatic rings. The Hall–Kier alpha value is -1.78. The molecule has 0 fully saturated rings. The second kappa shape index (κ2) is 2.37. The van der Waals surface area contributed by atoms with E-state index in [9.17, 15) is 4.79 Å². The molecule has 5 heteroatoms.